The number of hydrogen-bond donors (Lipinski definition) is 0. The smallest absolute Gasteiger partial charge is 0.0245 e. The van der Waals surface area contributed by atoms with E-state index in [4.69, 9.17) is 0 Å². The Hall–Kier alpha value is -0.780. The van der Waals surface area contributed by atoms with Gasteiger partial charge in [-0.1, -0.05) is 66.9 Å². The van der Waals surface area contributed by atoms with E-state index in [0.29, 0.717) is 0 Å². The van der Waals surface area contributed by atoms with Crippen LogP contribution in [0, 0.1) is 44.4 Å². The maximum Gasteiger partial charge on any atom is -0.0245 e. The fourth-order valence-electron chi connectivity index (χ4n) is 5.72. The van der Waals surface area contributed by atoms with Crippen LogP contribution in [0.25, 0.3) is 0 Å². The van der Waals surface area contributed by atoms with Gasteiger partial charge in [0, 0.05) is 0 Å². The molecule has 0 atom stereocenters. The Balaban J connectivity index is 0.00000196. The first kappa shape index (κ1) is 25.3. The predicted octanol–water partition coefficient (Wildman–Crippen LogP) is 9.01. The van der Waals surface area contributed by atoms with Crippen LogP contribution in [0.3, 0.4) is 0 Å². The van der Waals surface area contributed by atoms with Gasteiger partial charge in [0.2, 0.25) is 0 Å². The quantitative estimate of drug-likeness (QED) is 0.473. The number of rotatable bonds is 5. The Morgan fingerprint density at radius 2 is 1.21 bits per heavy atom. The van der Waals surface area contributed by atoms with Crippen molar-refractivity contribution in [3.8, 4) is 0 Å². The summed E-state index contributed by atoms with van der Waals surface area (Å²) in [5, 5.41) is 0. The van der Waals surface area contributed by atoms with Crippen molar-refractivity contribution in [2.45, 2.75) is 120 Å². The lowest BCUT2D eigenvalue weighted by Gasteiger charge is -2.30. The highest BCUT2D eigenvalue weighted by atomic mass is 14.3. The summed E-state index contributed by atoms with van der Waals surface area (Å²) in [7, 11) is 0. The summed E-state index contributed by atoms with van der Waals surface area (Å²) < 4.78 is 0. The van der Waals surface area contributed by atoms with Crippen LogP contribution in [0.15, 0.2) is 6.07 Å². The van der Waals surface area contributed by atoms with Gasteiger partial charge in [0.05, 0.1) is 0 Å². The standard InChI is InChI=1S/C26H42.2CH4/c1-6-22-11-13-24(14-12-22)17-26-19(3)15-25(20(4)21(26)5)16-23-9-7-18(2)8-10-23;;/h15,18,22-24H,6-14,16-17H2,1-5H3;2*1H4. The third-order valence-electron chi connectivity index (χ3n) is 8.04. The van der Waals surface area contributed by atoms with Crippen molar-refractivity contribution in [1.82, 2.24) is 0 Å². The van der Waals surface area contributed by atoms with Crippen LogP contribution in [0.5, 0.6) is 0 Å². The molecular formula is C28H50. The summed E-state index contributed by atoms with van der Waals surface area (Å²) in [5.74, 6) is 3.83. The van der Waals surface area contributed by atoms with E-state index in [-0.39, 0.29) is 14.9 Å². The van der Waals surface area contributed by atoms with Gasteiger partial charge in [-0.2, -0.15) is 0 Å². The number of aryl methyl sites for hydroxylation is 1. The maximum absolute atomic E-state index is 2.56. The topological polar surface area (TPSA) is 0 Å². The summed E-state index contributed by atoms with van der Waals surface area (Å²) in [5.41, 5.74) is 8.12. The Bertz CT molecular complexity index is 581. The first-order valence-electron chi connectivity index (χ1n) is 11.6. The first-order valence-corrected chi connectivity index (χ1v) is 11.6. The van der Waals surface area contributed by atoms with E-state index < -0.39 is 0 Å². The summed E-state index contributed by atoms with van der Waals surface area (Å²) in [4.78, 5) is 0. The minimum Gasteiger partial charge on any atom is -0.0776 e. The molecular weight excluding hydrogens is 336 g/mol. The second-order valence-corrected chi connectivity index (χ2v) is 9.91. The SMILES string of the molecule is C.C.CCC1CCC(Cc2c(C)cc(CC3CCC(C)CC3)c(C)c2C)CC1. The second-order valence-electron chi connectivity index (χ2n) is 9.91. The summed E-state index contributed by atoms with van der Waals surface area (Å²) >= 11 is 0. The van der Waals surface area contributed by atoms with Gasteiger partial charge in [-0.25, -0.2) is 0 Å². The molecule has 1 aromatic rings. The van der Waals surface area contributed by atoms with E-state index >= 15 is 0 Å². The lowest BCUT2D eigenvalue weighted by atomic mass is 9.76. The molecule has 162 valence electrons. The van der Waals surface area contributed by atoms with Gasteiger partial charge < -0.3 is 0 Å². The van der Waals surface area contributed by atoms with Crippen molar-refractivity contribution < 1.29 is 0 Å². The molecule has 0 saturated heterocycles. The minimum absolute atomic E-state index is 0. The molecule has 0 aromatic heterocycles. The van der Waals surface area contributed by atoms with Gasteiger partial charge in [0.15, 0.2) is 0 Å². The summed E-state index contributed by atoms with van der Waals surface area (Å²) in [6.45, 7) is 12.0. The molecule has 0 unspecified atom stereocenters. The molecule has 0 N–H and O–H groups in total. The third-order valence-corrected chi connectivity index (χ3v) is 8.04. The fourth-order valence-corrected chi connectivity index (χ4v) is 5.72. The monoisotopic (exact) mass is 386 g/mol. The lowest BCUT2D eigenvalue weighted by molar-refractivity contribution is 0.268. The number of benzene rings is 1. The van der Waals surface area contributed by atoms with Crippen LogP contribution in [0.4, 0.5) is 0 Å². The first-order chi connectivity index (χ1) is 12.5. The molecule has 2 aliphatic rings. The van der Waals surface area contributed by atoms with Gasteiger partial charge in [-0.05, 0) is 111 Å². The largest absolute Gasteiger partial charge is 0.0776 e. The molecule has 0 spiro atoms. The highest BCUT2D eigenvalue weighted by Crippen LogP contribution is 2.36. The Kier molecular flexibility index (Phi) is 10.3. The molecule has 2 aliphatic carbocycles. The third kappa shape index (κ3) is 6.11. The maximum atomic E-state index is 2.56. The molecule has 2 fully saturated rings. The number of hydrogen-bond acceptors (Lipinski definition) is 0. The van der Waals surface area contributed by atoms with Crippen LogP contribution in [-0.2, 0) is 12.8 Å². The average molecular weight is 387 g/mol. The van der Waals surface area contributed by atoms with E-state index in [1.165, 1.54) is 70.6 Å². The van der Waals surface area contributed by atoms with Gasteiger partial charge in [0.1, 0.15) is 0 Å². The van der Waals surface area contributed by atoms with Crippen LogP contribution >= 0.6 is 0 Å². The normalized spacial score (nSPS) is 27.6. The van der Waals surface area contributed by atoms with Gasteiger partial charge in [-0.3, -0.25) is 0 Å². The molecule has 0 bridgehead atoms. The van der Waals surface area contributed by atoms with Crippen LogP contribution in [0.2, 0.25) is 0 Å². The Labute approximate surface area is 177 Å². The van der Waals surface area contributed by atoms with E-state index in [2.05, 4.69) is 40.7 Å². The van der Waals surface area contributed by atoms with E-state index in [1.54, 1.807) is 27.8 Å². The van der Waals surface area contributed by atoms with Gasteiger partial charge in [0.25, 0.3) is 0 Å². The zero-order chi connectivity index (χ0) is 18.7. The summed E-state index contributed by atoms with van der Waals surface area (Å²) in [6, 6.07) is 2.56. The zero-order valence-electron chi connectivity index (χ0n) is 18.2. The lowest BCUT2D eigenvalue weighted by Crippen LogP contribution is -2.18. The zero-order valence-corrected chi connectivity index (χ0v) is 18.2. The molecule has 0 amide bonds. The minimum atomic E-state index is 0. The molecule has 0 heterocycles. The summed E-state index contributed by atoms with van der Waals surface area (Å²) in [6.07, 6.45) is 15.7. The predicted molar refractivity (Wildman–Crippen MR) is 128 cm³/mol. The molecule has 28 heavy (non-hydrogen) atoms. The van der Waals surface area contributed by atoms with Crippen molar-refractivity contribution >= 4 is 0 Å². The van der Waals surface area contributed by atoms with Crippen molar-refractivity contribution in [3.63, 3.8) is 0 Å². The second kappa shape index (κ2) is 11.4. The molecule has 0 aliphatic heterocycles. The average Bonchev–Trinajstić information content (AvgIpc) is 2.65. The van der Waals surface area contributed by atoms with Crippen LogP contribution < -0.4 is 0 Å². The fraction of sp³-hybridized carbons (Fsp3) is 0.786. The van der Waals surface area contributed by atoms with Crippen molar-refractivity contribution in [1.29, 1.82) is 0 Å². The van der Waals surface area contributed by atoms with E-state index in [1.807, 2.05) is 0 Å². The highest BCUT2D eigenvalue weighted by molar-refractivity contribution is 5.45. The highest BCUT2D eigenvalue weighted by Gasteiger charge is 2.23. The van der Waals surface area contributed by atoms with Crippen LogP contribution in [0.1, 0.15) is 114 Å². The molecule has 1 aromatic carbocycles. The van der Waals surface area contributed by atoms with E-state index in [0.717, 1.165) is 23.7 Å². The molecule has 2 saturated carbocycles. The van der Waals surface area contributed by atoms with Crippen molar-refractivity contribution in [2.24, 2.45) is 23.7 Å². The molecule has 0 radical (unpaired) electrons. The molecule has 0 nitrogen and oxygen atoms in total. The van der Waals surface area contributed by atoms with Gasteiger partial charge >= 0.3 is 0 Å². The Morgan fingerprint density at radius 3 is 1.79 bits per heavy atom. The Morgan fingerprint density at radius 1 is 0.714 bits per heavy atom. The van der Waals surface area contributed by atoms with Crippen LogP contribution in [-0.4, -0.2) is 0 Å². The van der Waals surface area contributed by atoms with Crippen molar-refractivity contribution in [3.05, 3.63) is 33.9 Å². The van der Waals surface area contributed by atoms with E-state index in [9.17, 15) is 0 Å². The van der Waals surface area contributed by atoms with Gasteiger partial charge in [-0.15, -0.1) is 0 Å². The van der Waals surface area contributed by atoms with Crippen molar-refractivity contribution in [2.75, 3.05) is 0 Å². The molecule has 0 heteroatoms. The molecule has 3 rings (SSSR count).